The molecule has 2 amide bonds. The Morgan fingerprint density at radius 1 is 1.11 bits per heavy atom. The zero-order valence-electron chi connectivity index (χ0n) is 10.6. The van der Waals surface area contributed by atoms with Crippen molar-refractivity contribution in [2.75, 3.05) is 5.32 Å². The number of hydrogen-bond donors (Lipinski definition) is 2. The summed E-state index contributed by atoms with van der Waals surface area (Å²) in [6, 6.07) is 14.7. The van der Waals surface area contributed by atoms with E-state index in [4.69, 9.17) is 5.73 Å². The predicted octanol–water partition coefficient (Wildman–Crippen LogP) is 2.89. The van der Waals surface area contributed by atoms with Crippen LogP contribution >= 0.6 is 0 Å². The second kappa shape index (κ2) is 5.74. The highest BCUT2D eigenvalue weighted by Gasteiger charge is 2.02. The monoisotopic (exact) mass is 250 g/mol. The Balaban J connectivity index is 2.36. The number of nitrogens with one attached hydrogen (secondary N) is 1. The Hall–Kier alpha value is -2.73. The number of anilines is 1. The zero-order valence-corrected chi connectivity index (χ0v) is 10.6. The van der Waals surface area contributed by atoms with E-state index >= 15 is 0 Å². The molecule has 3 nitrogen and oxygen atoms in total. The van der Waals surface area contributed by atoms with Crippen LogP contribution in [0, 0.1) is 18.8 Å². The van der Waals surface area contributed by atoms with Gasteiger partial charge in [0.05, 0.1) is 5.69 Å². The Morgan fingerprint density at radius 3 is 2.53 bits per heavy atom. The maximum atomic E-state index is 10.9. The van der Waals surface area contributed by atoms with E-state index in [-0.39, 0.29) is 0 Å². The van der Waals surface area contributed by atoms with Gasteiger partial charge in [-0.2, -0.15) is 0 Å². The molecule has 0 aliphatic carbocycles. The predicted molar refractivity (Wildman–Crippen MR) is 76.8 cm³/mol. The Kier molecular flexibility index (Phi) is 3.84. The highest BCUT2D eigenvalue weighted by atomic mass is 16.2. The highest BCUT2D eigenvalue weighted by molar-refractivity contribution is 5.89. The first-order valence-corrected chi connectivity index (χ1v) is 5.89. The van der Waals surface area contributed by atoms with E-state index in [0.29, 0.717) is 5.69 Å². The van der Waals surface area contributed by atoms with Crippen LogP contribution in [0.25, 0.3) is 0 Å². The summed E-state index contributed by atoms with van der Waals surface area (Å²) in [5, 5.41) is 2.57. The lowest BCUT2D eigenvalue weighted by Crippen LogP contribution is -2.19. The third-order valence-corrected chi connectivity index (χ3v) is 2.55. The lowest BCUT2D eigenvalue weighted by molar-refractivity contribution is 0.259. The van der Waals surface area contributed by atoms with Gasteiger partial charge in [-0.15, -0.1) is 0 Å². The summed E-state index contributed by atoms with van der Waals surface area (Å²) in [5.41, 5.74) is 8.52. The summed E-state index contributed by atoms with van der Waals surface area (Å²) in [4.78, 5) is 10.9. The smallest absolute Gasteiger partial charge is 0.316 e. The lowest BCUT2D eigenvalue weighted by Gasteiger charge is -2.05. The third-order valence-electron chi connectivity index (χ3n) is 2.55. The fraction of sp³-hybridized carbons (Fsp3) is 0.0625. The number of carbonyl (C=O) groups is 1. The van der Waals surface area contributed by atoms with Crippen LogP contribution in [0.3, 0.4) is 0 Å². The summed E-state index contributed by atoms with van der Waals surface area (Å²) in [6.45, 7) is 1.97. The standard InChI is InChI=1S/C16H14N2O/c1-12-7-10-15(18-16(17)19)14(11-12)9-8-13-5-3-2-4-6-13/h2-7,10-11H,1H3,(H3,17,18,19). The zero-order chi connectivity index (χ0) is 13.7. The molecular weight excluding hydrogens is 236 g/mol. The van der Waals surface area contributed by atoms with Gasteiger partial charge < -0.3 is 11.1 Å². The largest absolute Gasteiger partial charge is 0.351 e. The van der Waals surface area contributed by atoms with Crippen LogP contribution < -0.4 is 11.1 Å². The number of rotatable bonds is 1. The topological polar surface area (TPSA) is 55.1 Å². The molecule has 0 unspecified atom stereocenters. The maximum Gasteiger partial charge on any atom is 0.316 e. The van der Waals surface area contributed by atoms with Gasteiger partial charge in [0.25, 0.3) is 0 Å². The molecule has 2 aromatic rings. The number of nitrogens with two attached hydrogens (primary N) is 1. The lowest BCUT2D eigenvalue weighted by atomic mass is 10.1. The van der Waals surface area contributed by atoms with Crippen molar-refractivity contribution < 1.29 is 4.79 Å². The molecule has 0 bridgehead atoms. The van der Waals surface area contributed by atoms with Crippen LogP contribution in [-0.2, 0) is 0 Å². The van der Waals surface area contributed by atoms with Crippen LogP contribution in [0.15, 0.2) is 48.5 Å². The molecule has 0 heterocycles. The minimum Gasteiger partial charge on any atom is -0.351 e. The normalized spacial score (nSPS) is 9.32. The van der Waals surface area contributed by atoms with Crippen molar-refractivity contribution in [1.82, 2.24) is 0 Å². The molecule has 2 aromatic carbocycles. The van der Waals surface area contributed by atoms with Gasteiger partial charge in [0, 0.05) is 11.1 Å². The highest BCUT2D eigenvalue weighted by Crippen LogP contribution is 2.16. The summed E-state index contributed by atoms with van der Waals surface area (Å²) in [5.74, 6) is 6.12. The van der Waals surface area contributed by atoms with E-state index in [1.165, 1.54) is 0 Å². The van der Waals surface area contributed by atoms with Crippen molar-refractivity contribution in [3.05, 3.63) is 65.2 Å². The summed E-state index contributed by atoms with van der Waals surface area (Å²) in [6.07, 6.45) is 0. The minimum absolute atomic E-state index is 0.591. The molecule has 0 spiro atoms. The SMILES string of the molecule is Cc1ccc(NC(N)=O)c(C#Cc2ccccc2)c1. The third kappa shape index (κ3) is 3.62. The fourth-order valence-corrected chi connectivity index (χ4v) is 1.66. The molecule has 19 heavy (non-hydrogen) atoms. The summed E-state index contributed by atoms with van der Waals surface area (Å²) < 4.78 is 0. The first-order valence-electron chi connectivity index (χ1n) is 5.89. The van der Waals surface area contributed by atoms with Crippen LogP contribution in [-0.4, -0.2) is 6.03 Å². The Labute approximate surface area is 112 Å². The minimum atomic E-state index is -0.591. The first-order chi connectivity index (χ1) is 9.15. The first kappa shape index (κ1) is 12.7. The fourth-order valence-electron chi connectivity index (χ4n) is 1.66. The van der Waals surface area contributed by atoms with E-state index in [1.54, 1.807) is 6.07 Å². The average molecular weight is 250 g/mol. The van der Waals surface area contributed by atoms with Gasteiger partial charge in [-0.3, -0.25) is 0 Å². The molecule has 0 saturated carbocycles. The van der Waals surface area contributed by atoms with Gasteiger partial charge >= 0.3 is 6.03 Å². The average Bonchev–Trinajstić information content (AvgIpc) is 2.40. The number of benzene rings is 2. The number of urea groups is 1. The van der Waals surface area contributed by atoms with Crippen molar-refractivity contribution in [1.29, 1.82) is 0 Å². The van der Waals surface area contributed by atoms with Crippen molar-refractivity contribution in [3.63, 3.8) is 0 Å². The van der Waals surface area contributed by atoms with Gasteiger partial charge in [0.1, 0.15) is 0 Å². The molecule has 3 N–H and O–H groups in total. The van der Waals surface area contributed by atoms with Crippen molar-refractivity contribution in [2.45, 2.75) is 6.92 Å². The number of hydrogen-bond acceptors (Lipinski definition) is 1. The Bertz CT molecular complexity index is 651. The Morgan fingerprint density at radius 2 is 1.84 bits per heavy atom. The summed E-state index contributed by atoms with van der Waals surface area (Å²) >= 11 is 0. The van der Waals surface area contributed by atoms with Crippen molar-refractivity contribution in [3.8, 4) is 11.8 Å². The van der Waals surface area contributed by atoms with E-state index in [2.05, 4.69) is 17.2 Å². The summed E-state index contributed by atoms with van der Waals surface area (Å²) in [7, 11) is 0. The van der Waals surface area contributed by atoms with Gasteiger partial charge in [0.15, 0.2) is 0 Å². The molecular formula is C16H14N2O. The number of amides is 2. The molecule has 94 valence electrons. The van der Waals surface area contributed by atoms with E-state index in [9.17, 15) is 4.79 Å². The molecule has 0 atom stereocenters. The van der Waals surface area contributed by atoms with Gasteiger partial charge in [-0.05, 0) is 36.8 Å². The molecule has 3 heteroatoms. The second-order valence-electron chi connectivity index (χ2n) is 4.15. The number of aryl methyl sites for hydroxylation is 1. The molecule has 0 aromatic heterocycles. The molecule has 0 fully saturated rings. The van der Waals surface area contributed by atoms with Crippen molar-refractivity contribution >= 4 is 11.7 Å². The van der Waals surface area contributed by atoms with Gasteiger partial charge in [0.2, 0.25) is 0 Å². The molecule has 2 rings (SSSR count). The van der Waals surface area contributed by atoms with Crippen LogP contribution in [0.1, 0.15) is 16.7 Å². The molecule has 0 radical (unpaired) electrons. The van der Waals surface area contributed by atoms with Crippen LogP contribution in [0.4, 0.5) is 10.5 Å². The van der Waals surface area contributed by atoms with E-state index < -0.39 is 6.03 Å². The van der Waals surface area contributed by atoms with Crippen LogP contribution in [0.2, 0.25) is 0 Å². The van der Waals surface area contributed by atoms with Crippen LogP contribution in [0.5, 0.6) is 0 Å². The quantitative estimate of drug-likeness (QED) is 0.751. The van der Waals surface area contributed by atoms with Crippen molar-refractivity contribution in [2.24, 2.45) is 5.73 Å². The van der Waals surface area contributed by atoms with Gasteiger partial charge in [-0.25, -0.2) is 4.79 Å². The number of carbonyl (C=O) groups excluding carboxylic acids is 1. The maximum absolute atomic E-state index is 10.9. The second-order valence-corrected chi connectivity index (χ2v) is 4.15. The van der Waals surface area contributed by atoms with E-state index in [1.807, 2.05) is 49.4 Å². The van der Waals surface area contributed by atoms with E-state index in [0.717, 1.165) is 16.7 Å². The molecule has 0 aliphatic rings. The molecule has 0 aliphatic heterocycles. The van der Waals surface area contributed by atoms with Gasteiger partial charge in [-0.1, -0.05) is 36.1 Å². The molecule has 0 saturated heterocycles. The number of primary amides is 1.